The molecule has 4 rings (SSSR count). The number of rotatable bonds is 7. The van der Waals surface area contributed by atoms with Crippen LogP contribution in [0.5, 0.6) is 0 Å². The number of carbonyl (C=O) groups excluding carboxylic acids is 1. The van der Waals surface area contributed by atoms with Crippen LogP contribution in [0.15, 0.2) is 56.3 Å². The van der Waals surface area contributed by atoms with Crippen molar-refractivity contribution in [2.24, 2.45) is 0 Å². The predicted octanol–water partition coefficient (Wildman–Crippen LogP) is 4.52. The van der Waals surface area contributed by atoms with Gasteiger partial charge >= 0.3 is 5.63 Å². The smallest absolute Gasteiger partial charge is 0.339 e. The lowest BCUT2D eigenvalue weighted by Gasteiger charge is -2.10. The second-order valence-corrected chi connectivity index (χ2v) is 7.61. The molecule has 0 unspecified atom stereocenters. The van der Waals surface area contributed by atoms with E-state index in [2.05, 4.69) is 5.32 Å². The number of methoxy groups -OCH3 is 1. The molecule has 2 aromatic heterocycles. The van der Waals surface area contributed by atoms with Crippen LogP contribution < -0.4 is 10.9 Å². The van der Waals surface area contributed by atoms with E-state index < -0.39 is 5.63 Å². The number of ether oxygens (including phenoxy) is 1. The summed E-state index contributed by atoms with van der Waals surface area (Å²) >= 11 is 0. The summed E-state index contributed by atoms with van der Waals surface area (Å²) in [7, 11) is 1.58. The molecule has 2 heterocycles. The average Bonchev–Trinajstić information content (AvgIpc) is 3.20. The molecule has 2 aromatic carbocycles. The van der Waals surface area contributed by atoms with Gasteiger partial charge in [0.1, 0.15) is 11.2 Å². The first-order valence-corrected chi connectivity index (χ1v) is 10.3. The summed E-state index contributed by atoms with van der Waals surface area (Å²) in [4.78, 5) is 24.8. The Morgan fingerprint density at radius 2 is 1.84 bits per heavy atom. The van der Waals surface area contributed by atoms with Gasteiger partial charge in [-0.2, -0.15) is 0 Å². The molecule has 6 nitrogen and oxygen atoms in total. The first-order valence-electron chi connectivity index (χ1n) is 10.3. The molecule has 0 fully saturated rings. The van der Waals surface area contributed by atoms with E-state index in [1.165, 1.54) is 0 Å². The van der Waals surface area contributed by atoms with Gasteiger partial charge in [0.15, 0.2) is 0 Å². The third-order valence-corrected chi connectivity index (χ3v) is 5.66. The molecule has 0 spiro atoms. The standard InChI is InChI=1S/C25H25NO5/c1-15-18(9-10-22(27)26-11-12-29-3)25(28)31-24-16(2)23-20(13-19(15)24)21(14-30-23)17-7-5-4-6-8-17/h4-8,13-14H,9-12H2,1-3H3,(H,26,27). The van der Waals surface area contributed by atoms with Gasteiger partial charge in [-0.15, -0.1) is 0 Å². The highest BCUT2D eigenvalue weighted by Gasteiger charge is 2.19. The van der Waals surface area contributed by atoms with Crippen molar-refractivity contribution in [1.29, 1.82) is 0 Å². The van der Waals surface area contributed by atoms with Crippen LogP contribution >= 0.6 is 0 Å². The second-order valence-electron chi connectivity index (χ2n) is 7.61. The molecule has 0 aliphatic heterocycles. The van der Waals surface area contributed by atoms with Gasteiger partial charge < -0.3 is 18.9 Å². The Hall–Kier alpha value is -3.38. The lowest BCUT2D eigenvalue weighted by atomic mass is 9.97. The molecular formula is C25H25NO5. The first-order chi connectivity index (χ1) is 15.0. The Labute approximate surface area is 179 Å². The van der Waals surface area contributed by atoms with Gasteiger partial charge in [0.05, 0.1) is 12.9 Å². The van der Waals surface area contributed by atoms with Crippen LogP contribution in [-0.4, -0.2) is 26.2 Å². The molecule has 4 aromatic rings. The van der Waals surface area contributed by atoms with Crippen LogP contribution in [0.3, 0.4) is 0 Å². The summed E-state index contributed by atoms with van der Waals surface area (Å²) in [6.45, 7) is 4.70. The van der Waals surface area contributed by atoms with E-state index in [1.54, 1.807) is 13.4 Å². The van der Waals surface area contributed by atoms with Crippen LogP contribution in [-0.2, 0) is 16.0 Å². The molecule has 0 aliphatic carbocycles. The van der Waals surface area contributed by atoms with Gasteiger partial charge in [-0.3, -0.25) is 4.79 Å². The van der Waals surface area contributed by atoms with Gasteiger partial charge in [-0.25, -0.2) is 4.79 Å². The maximum atomic E-state index is 12.7. The molecule has 0 radical (unpaired) electrons. The Morgan fingerprint density at radius 3 is 2.58 bits per heavy atom. The fourth-order valence-electron chi connectivity index (χ4n) is 3.95. The Kier molecular flexibility index (Phi) is 5.91. The molecule has 160 valence electrons. The number of benzene rings is 2. The van der Waals surface area contributed by atoms with Crippen LogP contribution in [0.25, 0.3) is 33.1 Å². The van der Waals surface area contributed by atoms with E-state index in [1.807, 2.05) is 50.2 Å². The monoisotopic (exact) mass is 419 g/mol. The van der Waals surface area contributed by atoms with E-state index in [0.717, 1.165) is 33.0 Å². The van der Waals surface area contributed by atoms with Crippen LogP contribution in [0.4, 0.5) is 0 Å². The molecule has 1 N–H and O–H groups in total. The minimum absolute atomic E-state index is 0.122. The quantitative estimate of drug-likeness (QED) is 0.352. The Morgan fingerprint density at radius 1 is 1.06 bits per heavy atom. The van der Waals surface area contributed by atoms with E-state index in [9.17, 15) is 9.59 Å². The van der Waals surface area contributed by atoms with Gasteiger partial charge in [-0.05, 0) is 37.5 Å². The summed E-state index contributed by atoms with van der Waals surface area (Å²) in [6, 6.07) is 12.0. The van der Waals surface area contributed by atoms with Crippen LogP contribution in [0.2, 0.25) is 0 Å². The summed E-state index contributed by atoms with van der Waals surface area (Å²) in [5.74, 6) is -0.122. The summed E-state index contributed by atoms with van der Waals surface area (Å²) < 4.78 is 16.5. The van der Waals surface area contributed by atoms with E-state index in [-0.39, 0.29) is 12.3 Å². The largest absolute Gasteiger partial charge is 0.463 e. The van der Waals surface area contributed by atoms with Gasteiger partial charge in [-0.1, -0.05) is 30.3 Å². The number of hydrogen-bond acceptors (Lipinski definition) is 5. The number of amides is 1. The number of fused-ring (bicyclic) bond motifs is 2. The van der Waals surface area contributed by atoms with Crippen LogP contribution in [0, 0.1) is 13.8 Å². The van der Waals surface area contributed by atoms with E-state index in [4.69, 9.17) is 13.6 Å². The number of nitrogens with one attached hydrogen (secondary N) is 1. The maximum Gasteiger partial charge on any atom is 0.339 e. The SMILES string of the molecule is COCCNC(=O)CCc1c(C)c2cc3c(-c4ccccc4)coc3c(C)c2oc1=O. The van der Waals surface area contributed by atoms with Gasteiger partial charge in [0.2, 0.25) is 5.91 Å². The second kappa shape index (κ2) is 8.78. The molecule has 0 bridgehead atoms. The maximum absolute atomic E-state index is 12.7. The zero-order chi connectivity index (χ0) is 22.0. The lowest BCUT2D eigenvalue weighted by molar-refractivity contribution is -0.121. The van der Waals surface area contributed by atoms with Crippen molar-refractivity contribution >= 4 is 27.8 Å². The van der Waals surface area contributed by atoms with Crippen molar-refractivity contribution in [2.75, 3.05) is 20.3 Å². The predicted molar refractivity (Wildman–Crippen MR) is 120 cm³/mol. The summed E-state index contributed by atoms with van der Waals surface area (Å²) in [5, 5.41) is 4.60. The molecule has 1 amide bonds. The van der Waals surface area contributed by atoms with Crippen molar-refractivity contribution in [2.45, 2.75) is 26.7 Å². The van der Waals surface area contributed by atoms with Crippen molar-refractivity contribution < 1.29 is 18.4 Å². The van der Waals surface area contributed by atoms with Crippen molar-refractivity contribution in [3.05, 3.63) is 69.8 Å². The van der Waals surface area contributed by atoms with Crippen molar-refractivity contribution in [3.63, 3.8) is 0 Å². The number of aryl methyl sites for hydroxylation is 2. The first kappa shape index (κ1) is 20.9. The minimum atomic E-state index is -0.410. The Bertz CT molecular complexity index is 1300. The molecule has 0 aliphatic rings. The highest BCUT2D eigenvalue weighted by atomic mass is 16.5. The van der Waals surface area contributed by atoms with E-state index >= 15 is 0 Å². The third-order valence-electron chi connectivity index (χ3n) is 5.66. The highest BCUT2D eigenvalue weighted by Crippen LogP contribution is 2.37. The zero-order valence-electron chi connectivity index (χ0n) is 17.9. The lowest BCUT2D eigenvalue weighted by Crippen LogP contribution is -2.27. The highest BCUT2D eigenvalue weighted by molar-refractivity contribution is 6.04. The average molecular weight is 419 g/mol. The zero-order valence-corrected chi connectivity index (χ0v) is 17.9. The summed E-state index contributed by atoms with van der Waals surface area (Å²) in [6.07, 6.45) is 2.27. The number of furan rings is 1. The number of hydrogen-bond donors (Lipinski definition) is 1. The molecule has 0 saturated carbocycles. The summed E-state index contributed by atoms with van der Waals surface area (Å²) in [5.41, 5.74) is 5.02. The third kappa shape index (κ3) is 3.99. The Balaban J connectivity index is 1.76. The van der Waals surface area contributed by atoms with Crippen molar-refractivity contribution in [3.8, 4) is 11.1 Å². The molecular weight excluding hydrogens is 394 g/mol. The fourth-order valence-corrected chi connectivity index (χ4v) is 3.95. The van der Waals surface area contributed by atoms with E-state index in [0.29, 0.717) is 36.3 Å². The molecule has 0 atom stereocenters. The number of carbonyl (C=O) groups is 1. The normalized spacial score (nSPS) is 11.3. The molecule has 6 heteroatoms. The van der Waals surface area contributed by atoms with Gasteiger partial charge in [0, 0.05) is 47.5 Å². The topological polar surface area (TPSA) is 81.7 Å². The van der Waals surface area contributed by atoms with Crippen LogP contribution in [0.1, 0.15) is 23.1 Å². The van der Waals surface area contributed by atoms with Crippen molar-refractivity contribution in [1.82, 2.24) is 5.32 Å². The van der Waals surface area contributed by atoms with Gasteiger partial charge in [0.25, 0.3) is 0 Å². The molecule has 31 heavy (non-hydrogen) atoms. The molecule has 0 saturated heterocycles. The minimum Gasteiger partial charge on any atom is -0.463 e. The fraction of sp³-hybridized carbons (Fsp3) is 0.280.